The van der Waals surface area contributed by atoms with Crippen LogP contribution in [-0.2, 0) is 18.3 Å². The maximum absolute atomic E-state index is 12.3. The van der Waals surface area contributed by atoms with Crippen LogP contribution in [0.4, 0.5) is 24.5 Å². The molecular weight excluding hydrogens is 361 g/mol. The predicted octanol–water partition coefficient (Wildman–Crippen LogP) is 3.16. The van der Waals surface area contributed by atoms with Crippen LogP contribution in [0, 0.1) is 5.92 Å². The number of aromatic nitrogens is 2. The molecule has 1 amide bonds. The summed E-state index contributed by atoms with van der Waals surface area (Å²) in [5, 5.41) is 7.21. The molecule has 0 aliphatic carbocycles. The van der Waals surface area contributed by atoms with E-state index in [-0.39, 0.29) is 17.6 Å². The third-order valence-electron chi connectivity index (χ3n) is 4.54. The van der Waals surface area contributed by atoms with Crippen molar-refractivity contribution in [2.75, 3.05) is 18.0 Å². The van der Waals surface area contributed by atoms with Crippen LogP contribution in [0.5, 0.6) is 5.75 Å². The normalized spacial score (nSPS) is 16.8. The number of rotatable bonds is 5. The highest BCUT2D eigenvalue weighted by atomic mass is 19.4. The lowest BCUT2D eigenvalue weighted by molar-refractivity contribution is -0.274. The van der Waals surface area contributed by atoms with E-state index in [4.69, 9.17) is 0 Å². The summed E-state index contributed by atoms with van der Waals surface area (Å²) in [5.74, 6) is -0.109. The number of carbonyl (C=O) groups excluding carboxylic acids is 1. The lowest BCUT2D eigenvalue weighted by Gasteiger charge is -2.34. The van der Waals surface area contributed by atoms with Crippen molar-refractivity contribution >= 4 is 17.3 Å². The van der Waals surface area contributed by atoms with E-state index >= 15 is 0 Å². The Morgan fingerprint density at radius 3 is 2.67 bits per heavy atom. The van der Waals surface area contributed by atoms with E-state index in [0.29, 0.717) is 19.5 Å². The summed E-state index contributed by atoms with van der Waals surface area (Å²) >= 11 is 0. The number of hydrogen-bond acceptors (Lipinski definition) is 4. The standard InChI is InChI=1S/C18H21F3N4O2/c1-3-17(26)22-9-12-8-15-16(10-23-24(15)2)25(11-12)13-4-6-14(7-5-13)27-18(19,20)21/h4-7,10,12H,3,8-9,11H2,1-2H3,(H,22,26). The van der Waals surface area contributed by atoms with Gasteiger partial charge in [-0.2, -0.15) is 5.10 Å². The third kappa shape index (κ3) is 4.53. The van der Waals surface area contributed by atoms with Crippen molar-refractivity contribution in [3.05, 3.63) is 36.2 Å². The molecule has 146 valence electrons. The number of carbonyl (C=O) groups is 1. The van der Waals surface area contributed by atoms with E-state index in [1.54, 1.807) is 29.9 Å². The van der Waals surface area contributed by atoms with Crippen LogP contribution in [0.25, 0.3) is 0 Å². The number of aryl methyl sites for hydroxylation is 1. The molecule has 0 spiro atoms. The monoisotopic (exact) mass is 382 g/mol. The summed E-state index contributed by atoms with van der Waals surface area (Å²) in [6, 6.07) is 5.76. The number of benzene rings is 1. The van der Waals surface area contributed by atoms with Gasteiger partial charge in [-0.1, -0.05) is 6.92 Å². The number of nitrogens with zero attached hydrogens (tertiary/aromatic N) is 3. The van der Waals surface area contributed by atoms with Crippen molar-refractivity contribution in [3.8, 4) is 5.75 Å². The Kier molecular flexibility index (Phi) is 5.29. The zero-order chi connectivity index (χ0) is 19.6. The van der Waals surface area contributed by atoms with Crippen LogP contribution in [0.15, 0.2) is 30.5 Å². The third-order valence-corrected chi connectivity index (χ3v) is 4.54. The van der Waals surface area contributed by atoms with Gasteiger partial charge >= 0.3 is 6.36 Å². The fraction of sp³-hybridized carbons (Fsp3) is 0.444. The first-order valence-electron chi connectivity index (χ1n) is 8.67. The van der Waals surface area contributed by atoms with Gasteiger partial charge in [-0.3, -0.25) is 9.48 Å². The molecule has 0 saturated carbocycles. The minimum absolute atomic E-state index is 0.00833. The van der Waals surface area contributed by atoms with Crippen molar-refractivity contribution in [2.45, 2.75) is 26.1 Å². The first-order valence-corrected chi connectivity index (χ1v) is 8.67. The molecule has 1 aliphatic rings. The molecule has 1 aliphatic heterocycles. The molecule has 1 unspecified atom stereocenters. The van der Waals surface area contributed by atoms with Crippen molar-refractivity contribution in [2.24, 2.45) is 13.0 Å². The van der Waals surface area contributed by atoms with Crippen LogP contribution in [0.1, 0.15) is 19.0 Å². The molecule has 1 atom stereocenters. The maximum Gasteiger partial charge on any atom is 0.573 e. The molecule has 1 aromatic heterocycles. The van der Waals surface area contributed by atoms with Crippen molar-refractivity contribution in [3.63, 3.8) is 0 Å². The molecule has 2 heterocycles. The lowest BCUT2D eigenvalue weighted by Crippen LogP contribution is -2.39. The first-order chi connectivity index (χ1) is 12.8. The van der Waals surface area contributed by atoms with Gasteiger partial charge < -0.3 is 15.0 Å². The van der Waals surface area contributed by atoms with Gasteiger partial charge in [0, 0.05) is 32.2 Å². The summed E-state index contributed by atoms with van der Waals surface area (Å²) in [6.07, 6.45) is -1.78. The number of hydrogen-bond donors (Lipinski definition) is 1. The van der Waals surface area contributed by atoms with Crippen LogP contribution in [0.2, 0.25) is 0 Å². The minimum atomic E-state index is -4.72. The number of nitrogens with one attached hydrogen (secondary N) is 1. The molecule has 0 bridgehead atoms. The van der Waals surface area contributed by atoms with Crippen molar-refractivity contribution in [1.29, 1.82) is 0 Å². The lowest BCUT2D eigenvalue weighted by atomic mass is 9.96. The molecule has 0 radical (unpaired) electrons. The fourth-order valence-electron chi connectivity index (χ4n) is 3.20. The Balaban J connectivity index is 1.81. The number of anilines is 2. The maximum atomic E-state index is 12.3. The average molecular weight is 382 g/mol. The number of halogens is 3. The predicted molar refractivity (Wildman–Crippen MR) is 93.8 cm³/mol. The highest BCUT2D eigenvalue weighted by Gasteiger charge is 2.32. The summed E-state index contributed by atoms with van der Waals surface area (Å²) in [7, 11) is 1.85. The van der Waals surface area contributed by atoms with Gasteiger partial charge in [0.1, 0.15) is 5.75 Å². The summed E-state index contributed by atoms with van der Waals surface area (Å²) in [6.45, 7) is 2.96. The topological polar surface area (TPSA) is 59.4 Å². The smallest absolute Gasteiger partial charge is 0.406 e. The number of amides is 1. The highest BCUT2D eigenvalue weighted by Crippen LogP contribution is 2.36. The minimum Gasteiger partial charge on any atom is -0.406 e. The van der Waals surface area contributed by atoms with Gasteiger partial charge in [0.05, 0.1) is 17.6 Å². The van der Waals surface area contributed by atoms with E-state index in [9.17, 15) is 18.0 Å². The number of fused-ring (bicyclic) bond motifs is 1. The Morgan fingerprint density at radius 1 is 1.33 bits per heavy atom. The Morgan fingerprint density at radius 2 is 2.04 bits per heavy atom. The molecule has 0 saturated heterocycles. The largest absolute Gasteiger partial charge is 0.573 e. The van der Waals surface area contributed by atoms with Gasteiger partial charge in [0.2, 0.25) is 5.91 Å². The number of alkyl halides is 3. The molecule has 9 heteroatoms. The molecule has 6 nitrogen and oxygen atoms in total. The molecule has 3 rings (SSSR count). The average Bonchev–Trinajstić information content (AvgIpc) is 2.99. The molecule has 1 N–H and O–H groups in total. The fourth-order valence-corrected chi connectivity index (χ4v) is 3.20. The van der Waals surface area contributed by atoms with E-state index in [2.05, 4.69) is 15.2 Å². The Bertz CT molecular complexity index is 802. The number of ether oxygens (including phenoxy) is 1. The van der Waals surface area contributed by atoms with Gasteiger partial charge in [-0.05, 0) is 36.6 Å². The summed E-state index contributed by atoms with van der Waals surface area (Å²) < 4.78 is 42.8. The second-order valence-corrected chi connectivity index (χ2v) is 6.48. The summed E-state index contributed by atoms with van der Waals surface area (Å²) in [4.78, 5) is 13.6. The van der Waals surface area contributed by atoms with Gasteiger partial charge in [0.15, 0.2) is 0 Å². The van der Waals surface area contributed by atoms with Gasteiger partial charge in [0.25, 0.3) is 0 Å². The quantitative estimate of drug-likeness (QED) is 0.863. The zero-order valence-electron chi connectivity index (χ0n) is 15.1. The SMILES string of the molecule is CCC(=O)NCC1Cc2c(cnn2C)N(c2ccc(OC(F)(F)F)cc2)C1. The second kappa shape index (κ2) is 7.50. The van der Waals surface area contributed by atoms with E-state index in [1.807, 2.05) is 11.9 Å². The van der Waals surface area contributed by atoms with E-state index in [0.717, 1.165) is 23.5 Å². The van der Waals surface area contributed by atoms with E-state index < -0.39 is 6.36 Å². The molecule has 2 aromatic rings. The molecule has 1 aromatic carbocycles. The Labute approximate surface area is 154 Å². The van der Waals surface area contributed by atoms with Crippen LogP contribution < -0.4 is 15.0 Å². The molecule has 27 heavy (non-hydrogen) atoms. The van der Waals surface area contributed by atoms with Crippen LogP contribution >= 0.6 is 0 Å². The first kappa shape index (κ1) is 19.1. The Hall–Kier alpha value is -2.71. The van der Waals surface area contributed by atoms with Crippen molar-refractivity contribution < 1.29 is 22.7 Å². The highest BCUT2D eigenvalue weighted by molar-refractivity contribution is 5.75. The summed E-state index contributed by atoms with van der Waals surface area (Å²) in [5.41, 5.74) is 2.68. The second-order valence-electron chi connectivity index (χ2n) is 6.48. The van der Waals surface area contributed by atoms with Crippen LogP contribution in [0.3, 0.4) is 0 Å². The molecular formula is C18H21F3N4O2. The van der Waals surface area contributed by atoms with E-state index in [1.165, 1.54) is 12.1 Å². The zero-order valence-corrected chi connectivity index (χ0v) is 15.1. The van der Waals surface area contributed by atoms with Crippen molar-refractivity contribution in [1.82, 2.24) is 15.1 Å². The molecule has 0 fully saturated rings. The van der Waals surface area contributed by atoms with Gasteiger partial charge in [-0.25, -0.2) is 0 Å². The van der Waals surface area contributed by atoms with Gasteiger partial charge in [-0.15, -0.1) is 13.2 Å². The van der Waals surface area contributed by atoms with Crippen LogP contribution in [-0.4, -0.2) is 35.1 Å².